The quantitative estimate of drug-likeness (QED) is 0.131. The average Bonchev–Trinajstić information content (AvgIpc) is 2.77. The summed E-state index contributed by atoms with van der Waals surface area (Å²) in [6.07, 6.45) is 34.3. The van der Waals surface area contributed by atoms with Crippen molar-refractivity contribution in [3.63, 3.8) is 0 Å². The summed E-state index contributed by atoms with van der Waals surface area (Å²) in [4.78, 5) is 0. The van der Waals surface area contributed by atoms with Gasteiger partial charge in [-0.25, -0.2) is 4.57 Å². The molecule has 0 aromatic carbocycles. The first-order valence-electron chi connectivity index (χ1n) is 13.8. The Morgan fingerprint density at radius 3 is 1.27 bits per heavy atom. The van der Waals surface area contributed by atoms with Crippen molar-refractivity contribution in [2.45, 2.75) is 155 Å². The molecule has 0 fully saturated rings. The van der Waals surface area contributed by atoms with Crippen LogP contribution in [0.4, 0.5) is 0 Å². The van der Waals surface area contributed by atoms with Crippen LogP contribution < -0.4 is 4.57 Å². The zero-order valence-corrected chi connectivity index (χ0v) is 20.8. The summed E-state index contributed by atoms with van der Waals surface area (Å²) in [6.45, 7) is 5.78. The highest BCUT2D eigenvalue weighted by molar-refractivity contribution is 5.07. The Kier molecular flexibility index (Phi) is 19.4. The third-order valence-electron chi connectivity index (χ3n) is 6.55. The topological polar surface area (TPSA) is 3.88 Å². The minimum atomic E-state index is 1.19. The van der Waals surface area contributed by atoms with Crippen LogP contribution in [0.15, 0.2) is 24.5 Å². The number of nitrogens with zero attached hydrogens (tertiary/aromatic N) is 1. The van der Waals surface area contributed by atoms with Gasteiger partial charge < -0.3 is 0 Å². The van der Waals surface area contributed by atoms with Crippen molar-refractivity contribution in [2.75, 3.05) is 0 Å². The molecular formula is C29H54N+. The molecular weight excluding hydrogens is 362 g/mol. The van der Waals surface area contributed by atoms with Crippen LogP contribution >= 0.6 is 0 Å². The van der Waals surface area contributed by atoms with E-state index >= 15 is 0 Å². The number of hydrogen-bond donors (Lipinski definition) is 0. The summed E-state index contributed by atoms with van der Waals surface area (Å²) in [5, 5.41) is 0. The van der Waals surface area contributed by atoms with Gasteiger partial charge in [0, 0.05) is 18.6 Å². The summed E-state index contributed by atoms with van der Waals surface area (Å²) in [5.41, 5.74) is 1.52. The molecule has 1 aromatic heterocycles. The van der Waals surface area contributed by atoms with Crippen LogP contribution in [0.1, 0.15) is 148 Å². The Balaban J connectivity index is 1.92. The van der Waals surface area contributed by atoms with Gasteiger partial charge in [-0.1, -0.05) is 123 Å². The van der Waals surface area contributed by atoms with Gasteiger partial charge in [0.15, 0.2) is 12.4 Å². The molecule has 0 aliphatic rings. The largest absolute Gasteiger partial charge is 0.205 e. The molecule has 0 saturated carbocycles. The molecule has 0 spiro atoms. The molecule has 0 atom stereocenters. The van der Waals surface area contributed by atoms with Gasteiger partial charge in [-0.2, -0.15) is 0 Å². The highest BCUT2D eigenvalue weighted by Crippen LogP contribution is 2.12. The predicted molar refractivity (Wildman–Crippen MR) is 134 cm³/mol. The SMILES string of the molecule is CCCCCCCCCCCCc1cc[n+](CCCCCCCCCCCC)cc1. The Labute approximate surface area is 190 Å². The number of rotatable bonds is 22. The highest BCUT2D eigenvalue weighted by Gasteiger charge is 2.02. The van der Waals surface area contributed by atoms with Gasteiger partial charge >= 0.3 is 0 Å². The molecule has 0 aliphatic carbocycles. The molecule has 1 rings (SSSR count). The minimum Gasteiger partial charge on any atom is -0.205 e. The molecule has 0 amide bonds. The molecule has 0 N–H and O–H groups in total. The lowest BCUT2D eigenvalue weighted by atomic mass is 10.0. The van der Waals surface area contributed by atoms with Crippen LogP contribution in [0.3, 0.4) is 0 Å². The lowest BCUT2D eigenvalue weighted by Gasteiger charge is -2.03. The molecule has 30 heavy (non-hydrogen) atoms. The zero-order valence-electron chi connectivity index (χ0n) is 20.8. The number of hydrogen-bond acceptors (Lipinski definition) is 0. The summed E-state index contributed by atoms with van der Waals surface area (Å²) in [7, 11) is 0. The molecule has 1 heterocycles. The van der Waals surface area contributed by atoms with Crippen LogP contribution in [0.5, 0.6) is 0 Å². The minimum absolute atomic E-state index is 1.19. The van der Waals surface area contributed by atoms with Crippen LogP contribution in [-0.4, -0.2) is 0 Å². The maximum atomic E-state index is 2.38. The van der Waals surface area contributed by atoms with Crippen molar-refractivity contribution in [3.05, 3.63) is 30.1 Å². The second-order valence-corrected chi connectivity index (χ2v) is 9.56. The summed E-state index contributed by atoms with van der Waals surface area (Å²) < 4.78 is 2.38. The lowest BCUT2D eigenvalue weighted by molar-refractivity contribution is -0.697. The van der Waals surface area contributed by atoms with E-state index in [1.807, 2.05) is 0 Å². The van der Waals surface area contributed by atoms with E-state index in [9.17, 15) is 0 Å². The number of unbranched alkanes of at least 4 members (excludes halogenated alkanes) is 18. The van der Waals surface area contributed by atoms with E-state index in [0.717, 1.165) is 0 Å². The Bertz CT molecular complexity index is 407. The second-order valence-electron chi connectivity index (χ2n) is 9.56. The van der Waals surface area contributed by atoms with E-state index in [2.05, 4.69) is 42.9 Å². The smallest absolute Gasteiger partial charge is 0.169 e. The molecule has 1 aromatic rings. The molecule has 174 valence electrons. The normalized spacial score (nSPS) is 11.3. The van der Waals surface area contributed by atoms with Crippen molar-refractivity contribution < 1.29 is 4.57 Å². The number of aryl methyl sites for hydroxylation is 2. The van der Waals surface area contributed by atoms with Crippen LogP contribution in [0, 0.1) is 0 Å². The van der Waals surface area contributed by atoms with Crippen molar-refractivity contribution in [1.29, 1.82) is 0 Å². The third kappa shape index (κ3) is 16.9. The van der Waals surface area contributed by atoms with Crippen molar-refractivity contribution in [1.82, 2.24) is 0 Å². The van der Waals surface area contributed by atoms with Gasteiger partial charge in [0.1, 0.15) is 6.54 Å². The summed E-state index contributed by atoms with van der Waals surface area (Å²) in [6, 6.07) is 4.70. The first kappa shape index (κ1) is 27.2. The third-order valence-corrected chi connectivity index (χ3v) is 6.55. The number of aromatic nitrogens is 1. The van der Waals surface area contributed by atoms with E-state index < -0.39 is 0 Å². The Hall–Kier alpha value is -0.850. The lowest BCUT2D eigenvalue weighted by Crippen LogP contribution is -2.32. The fourth-order valence-corrected chi connectivity index (χ4v) is 4.40. The van der Waals surface area contributed by atoms with Crippen molar-refractivity contribution in [3.8, 4) is 0 Å². The first-order chi connectivity index (χ1) is 14.9. The average molecular weight is 417 g/mol. The second kappa shape index (κ2) is 21.4. The van der Waals surface area contributed by atoms with Crippen LogP contribution in [-0.2, 0) is 13.0 Å². The molecule has 0 unspecified atom stereocenters. The Morgan fingerprint density at radius 2 is 0.833 bits per heavy atom. The molecule has 0 bridgehead atoms. The van der Waals surface area contributed by atoms with Gasteiger partial charge in [-0.15, -0.1) is 0 Å². The molecule has 1 heteroatoms. The molecule has 1 nitrogen and oxygen atoms in total. The van der Waals surface area contributed by atoms with E-state index in [-0.39, 0.29) is 0 Å². The monoisotopic (exact) mass is 416 g/mol. The molecule has 0 saturated heterocycles. The molecule has 0 radical (unpaired) electrons. The van der Waals surface area contributed by atoms with Crippen molar-refractivity contribution in [2.24, 2.45) is 0 Å². The van der Waals surface area contributed by atoms with E-state index in [0.29, 0.717) is 0 Å². The van der Waals surface area contributed by atoms with Gasteiger partial charge in [0.25, 0.3) is 0 Å². The maximum absolute atomic E-state index is 2.38. The fraction of sp³-hybridized carbons (Fsp3) is 0.828. The zero-order chi connectivity index (χ0) is 21.5. The fourth-order valence-electron chi connectivity index (χ4n) is 4.40. The highest BCUT2D eigenvalue weighted by atomic mass is 14.9. The standard InChI is InChI=1S/C29H54N/c1-3-5-7-9-11-13-15-17-19-21-23-29-24-27-30(28-25-29)26-22-20-18-16-14-12-10-8-6-4-2/h24-25,27-28H,3-23,26H2,1-2H3/q+1. The molecule has 0 aliphatic heterocycles. The van der Waals surface area contributed by atoms with Gasteiger partial charge in [-0.3, -0.25) is 0 Å². The first-order valence-corrected chi connectivity index (χ1v) is 13.8. The van der Waals surface area contributed by atoms with Crippen LogP contribution in [0.2, 0.25) is 0 Å². The predicted octanol–water partition coefficient (Wildman–Crippen LogP) is 9.36. The summed E-state index contributed by atoms with van der Waals surface area (Å²) >= 11 is 0. The van der Waals surface area contributed by atoms with Crippen LogP contribution in [0.25, 0.3) is 0 Å². The van der Waals surface area contributed by atoms with Gasteiger partial charge in [-0.05, 0) is 24.8 Å². The number of pyridine rings is 1. The van der Waals surface area contributed by atoms with Crippen molar-refractivity contribution >= 4 is 0 Å². The maximum Gasteiger partial charge on any atom is 0.169 e. The summed E-state index contributed by atoms with van der Waals surface area (Å²) in [5.74, 6) is 0. The van der Waals surface area contributed by atoms with Gasteiger partial charge in [0.05, 0.1) is 0 Å². The Morgan fingerprint density at radius 1 is 0.467 bits per heavy atom. The van der Waals surface area contributed by atoms with E-state index in [4.69, 9.17) is 0 Å². The van der Waals surface area contributed by atoms with Gasteiger partial charge in [0.2, 0.25) is 0 Å². The van der Waals surface area contributed by atoms with E-state index in [1.165, 1.54) is 147 Å². The van der Waals surface area contributed by atoms with E-state index in [1.54, 1.807) is 0 Å².